The summed E-state index contributed by atoms with van der Waals surface area (Å²) in [5.41, 5.74) is 0.228. The second-order valence-electron chi connectivity index (χ2n) is 5.51. The highest BCUT2D eigenvalue weighted by atomic mass is 127. The van der Waals surface area contributed by atoms with E-state index in [1.807, 2.05) is 0 Å². The van der Waals surface area contributed by atoms with Crippen LogP contribution in [0.3, 0.4) is 0 Å². The number of nitrogens with one attached hydrogen (secondary N) is 2. The molecule has 2 aliphatic rings. The molecule has 0 saturated carbocycles. The van der Waals surface area contributed by atoms with Gasteiger partial charge in [-0.25, -0.2) is 0 Å². The van der Waals surface area contributed by atoms with Crippen molar-refractivity contribution in [1.82, 2.24) is 10.6 Å². The van der Waals surface area contributed by atoms with E-state index in [-0.39, 0.29) is 29.4 Å². The summed E-state index contributed by atoms with van der Waals surface area (Å²) in [4.78, 5) is 4.63. The fourth-order valence-electron chi connectivity index (χ4n) is 2.17. The van der Waals surface area contributed by atoms with Crippen LogP contribution in [0.2, 0.25) is 0 Å². The molecule has 2 rings (SSSR count). The van der Waals surface area contributed by atoms with Gasteiger partial charge in [-0.1, -0.05) is 6.92 Å². The molecule has 1 atom stereocenters. The molecule has 0 aromatic carbocycles. The standard InChI is InChI=1S/C13H25N3O2.HI/c1-3-14-12(15-7-11-5-4-6-18-11)16-8-13(2)9-17-10-13;/h11H,3-10H2,1-2H3,(H2,14,15,16);1H. The Bertz CT molecular complexity index is 290. The Labute approximate surface area is 132 Å². The Kier molecular flexibility index (Phi) is 7.38. The van der Waals surface area contributed by atoms with Crippen molar-refractivity contribution in [3.63, 3.8) is 0 Å². The van der Waals surface area contributed by atoms with Crippen LogP contribution in [0.4, 0.5) is 0 Å². The number of rotatable bonds is 5. The average molecular weight is 383 g/mol. The van der Waals surface area contributed by atoms with Gasteiger partial charge < -0.3 is 20.1 Å². The molecule has 2 N–H and O–H groups in total. The van der Waals surface area contributed by atoms with Crippen molar-refractivity contribution in [3.05, 3.63) is 0 Å². The van der Waals surface area contributed by atoms with Crippen LogP contribution in [-0.4, -0.2) is 51.5 Å². The third-order valence-corrected chi connectivity index (χ3v) is 3.39. The van der Waals surface area contributed by atoms with Gasteiger partial charge in [0.05, 0.1) is 25.9 Å². The maximum Gasteiger partial charge on any atom is 0.191 e. The van der Waals surface area contributed by atoms with Gasteiger partial charge in [0.25, 0.3) is 0 Å². The van der Waals surface area contributed by atoms with Gasteiger partial charge in [0.2, 0.25) is 0 Å². The van der Waals surface area contributed by atoms with Crippen LogP contribution in [0.1, 0.15) is 26.7 Å². The van der Waals surface area contributed by atoms with E-state index in [2.05, 4.69) is 29.5 Å². The molecule has 2 heterocycles. The first-order valence-corrected chi connectivity index (χ1v) is 6.93. The molecule has 0 bridgehead atoms. The van der Waals surface area contributed by atoms with Crippen LogP contribution in [0.15, 0.2) is 4.99 Å². The molecular weight excluding hydrogens is 357 g/mol. The zero-order valence-electron chi connectivity index (χ0n) is 11.9. The van der Waals surface area contributed by atoms with Gasteiger partial charge >= 0.3 is 0 Å². The van der Waals surface area contributed by atoms with Gasteiger partial charge in [0, 0.05) is 25.1 Å². The summed E-state index contributed by atoms with van der Waals surface area (Å²) in [6.45, 7) is 9.37. The highest BCUT2D eigenvalue weighted by Gasteiger charge is 2.33. The lowest BCUT2D eigenvalue weighted by Crippen LogP contribution is -2.45. The minimum atomic E-state index is 0. The van der Waals surface area contributed by atoms with Crippen molar-refractivity contribution < 1.29 is 9.47 Å². The summed E-state index contributed by atoms with van der Waals surface area (Å²) in [7, 11) is 0. The molecule has 0 radical (unpaired) electrons. The molecule has 0 amide bonds. The Morgan fingerprint density at radius 2 is 2.16 bits per heavy atom. The predicted octanol–water partition coefficient (Wildman–Crippen LogP) is 1.37. The highest BCUT2D eigenvalue weighted by molar-refractivity contribution is 14.0. The minimum absolute atomic E-state index is 0. The topological polar surface area (TPSA) is 54.9 Å². The van der Waals surface area contributed by atoms with Crippen LogP contribution in [0.25, 0.3) is 0 Å². The number of halogens is 1. The Morgan fingerprint density at radius 3 is 2.68 bits per heavy atom. The van der Waals surface area contributed by atoms with Crippen molar-refractivity contribution in [2.24, 2.45) is 10.4 Å². The number of guanidine groups is 1. The van der Waals surface area contributed by atoms with Crippen LogP contribution in [-0.2, 0) is 9.47 Å². The summed E-state index contributed by atoms with van der Waals surface area (Å²) >= 11 is 0. The summed E-state index contributed by atoms with van der Waals surface area (Å²) in [6, 6.07) is 0. The van der Waals surface area contributed by atoms with Gasteiger partial charge in [0.1, 0.15) is 0 Å². The van der Waals surface area contributed by atoms with Crippen LogP contribution < -0.4 is 10.6 Å². The first-order chi connectivity index (χ1) is 8.72. The van der Waals surface area contributed by atoms with Crippen LogP contribution in [0.5, 0.6) is 0 Å². The van der Waals surface area contributed by atoms with Crippen LogP contribution >= 0.6 is 24.0 Å². The Balaban J connectivity index is 0.00000180. The fraction of sp³-hybridized carbons (Fsp3) is 0.923. The van der Waals surface area contributed by atoms with Gasteiger partial charge in [0.15, 0.2) is 5.96 Å². The summed E-state index contributed by atoms with van der Waals surface area (Å²) in [6.07, 6.45) is 2.67. The van der Waals surface area contributed by atoms with Gasteiger partial charge in [-0.2, -0.15) is 0 Å². The molecule has 5 nitrogen and oxygen atoms in total. The number of ether oxygens (including phenoxy) is 2. The first-order valence-electron chi connectivity index (χ1n) is 6.93. The van der Waals surface area contributed by atoms with E-state index in [1.165, 1.54) is 6.42 Å². The number of nitrogens with zero attached hydrogens (tertiary/aromatic N) is 1. The molecule has 0 aliphatic carbocycles. The van der Waals surface area contributed by atoms with E-state index in [0.29, 0.717) is 6.10 Å². The first kappa shape index (κ1) is 17.0. The fourth-order valence-corrected chi connectivity index (χ4v) is 2.17. The van der Waals surface area contributed by atoms with E-state index in [0.717, 1.165) is 51.8 Å². The van der Waals surface area contributed by atoms with E-state index < -0.39 is 0 Å². The number of hydrogen-bond donors (Lipinski definition) is 2. The third-order valence-electron chi connectivity index (χ3n) is 3.39. The number of hydrogen-bond acceptors (Lipinski definition) is 3. The molecular formula is C13H26IN3O2. The number of aliphatic imine (C=N–C) groups is 1. The molecule has 2 aliphatic heterocycles. The maximum absolute atomic E-state index is 5.59. The predicted molar refractivity (Wildman–Crippen MR) is 87.3 cm³/mol. The molecule has 0 aromatic heterocycles. The van der Waals surface area contributed by atoms with Crippen molar-refractivity contribution >= 4 is 29.9 Å². The normalized spacial score (nSPS) is 25.4. The smallest absolute Gasteiger partial charge is 0.191 e. The van der Waals surface area contributed by atoms with Crippen molar-refractivity contribution in [2.75, 3.05) is 39.5 Å². The van der Waals surface area contributed by atoms with Crippen molar-refractivity contribution in [2.45, 2.75) is 32.8 Å². The summed E-state index contributed by atoms with van der Waals surface area (Å²) in [5, 5.41) is 6.63. The third kappa shape index (κ3) is 5.43. The van der Waals surface area contributed by atoms with E-state index >= 15 is 0 Å². The molecule has 2 fully saturated rings. The van der Waals surface area contributed by atoms with Gasteiger partial charge in [-0.05, 0) is 19.8 Å². The average Bonchev–Trinajstić information content (AvgIpc) is 2.83. The Hall–Kier alpha value is -0.0800. The van der Waals surface area contributed by atoms with E-state index in [1.54, 1.807) is 0 Å². The van der Waals surface area contributed by atoms with E-state index in [4.69, 9.17) is 9.47 Å². The largest absolute Gasteiger partial charge is 0.380 e. The van der Waals surface area contributed by atoms with Gasteiger partial charge in [-0.15, -0.1) is 24.0 Å². The maximum atomic E-state index is 5.59. The lowest BCUT2D eigenvalue weighted by atomic mass is 9.89. The summed E-state index contributed by atoms with van der Waals surface area (Å²) in [5.74, 6) is 0.890. The highest BCUT2D eigenvalue weighted by Crippen LogP contribution is 2.26. The van der Waals surface area contributed by atoms with Crippen LogP contribution in [0, 0.1) is 5.41 Å². The second-order valence-corrected chi connectivity index (χ2v) is 5.51. The van der Waals surface area contributed by atoms with E-state index in [9.17, 15) is 0 Å². The molecule has 2 saturated heterocycles. The lowest BCUT2D eigenvalue weighted by Gasteiger charge is -2.36. The summed E-state index contributed by atoms with van der Waals surface area (Å²) < 4.78 is 10.8. The second kappa shape index (κ2) is 8.26. The monoisotopic (exact) mass is 383 g/mol. The lowest BCUT2D eigenvalue weighted by molar-refractivity contribution is -0.0945. The SMILES string of the molecule is CCNC(=NCC1(C)COC1)NCC1CCCO1.I. The molecule has 112 valence electrons. The molecule has 0 spiro atoms. The van der Waals surface area contributed by atoms with Crippen molar-refractivity contribution in [1.29, 1.82) is 0 Å². The molecule has 19 heavy (non-hydrogen) atoms. The molecule has 1 unspecified atom stereocenters. The minimum Gasteiger partial charge on any atom is -0.380 e. The van der Waals surface area contributed by atoms with Gasteiger partial charge in [-0.3, -0.25) is 4.99 Å². The van der Waals surface area contributed by atoms with Crippen molar-refractivity contribution in [3.8, 4) is 0 Å². The Morgan fingerprint density at radius 1 is 1.37 bits per heavy atom. The zero-order chi connectivity index (χ0) is 12.8. The zero-order valence-corrected chi connectivity index (χ0v) is 14.2. The molecule has 0 aromatic rings. The molecule has 6 heteroatoms. The quantitative estimate of drug-likeness (QED) is 0.428.